The molecule has 1 fully saturated rings. The first-order chi connectivity index (χ1) is 11.3. The van der Waals surface area contributed by atoms with Gasteiger partial charge in [-0.3, -0.25) is 4.79 Å². The van der Waals surface area contributed by atoms with E-state index < -0.39 is 0 Å². The number of nitriles is 1. The molecule has 0 radical (unpaired) electrons. The van der Waals surface area contributed by atoms with E-state index in [9.17, 15) is 4.79 Å². The van der Waals surface area contributed by atoms with Gasteiger partial charge in [-0.1, -0.05) is 36.8 Å². The minimum absolute atomic E-state index is 0.0670. The van der Waals surface area contributed by atoms with Crippen molar-refractivity contribution in [2.75, 3.05) is 13.1 Å². The first-order valence-corrected chi connectivity index (χ1v) is 8.12. The summed E-state index contributed by atoms with van der Waals surface area (Å²) < 4.78 is 0. The van der Waals surface area contributed by atoms with Crippen LogP contribution in [0.1, 0.15) is 46.7 Å². The number of carbonyl (C=O) groups is 1. The molecule has 1 saturated heterocycles. The van der Waals surface area contributed by atoms with Gasteiger partial charge < -0.3 is 4.90 Å². The fourth-order valence-electron chi connectivity index (χ4n) is 3.19. The molecule has 0 aliphatic carbocycles. The lowest BCUT2D eigenvalue weighted by Crippen LogP contribution is -2.34. The minimum atomic E-state index is 0.0670. The molecular formula is C20H20N2O. The highest BCUT2D eigenvalue weighted by Gasteiger charge is 2.23. The maximum absolute atomic E-state index is 12.8. The SMILES string of the molecule is N#Cc1ccc(C(=O)N2CCCCC(c3ccccc3)C2)cc1. The Bertz CT molecular complexity index is 701. The molecule has 1 aliphatic heterocycles. The highest BCUT2D eigenvalue weighted by molar-refractivity contribution is 5.94. The lowest BCUT2D eigenvalue weighted by atomic mass is 9.94. The van der Waals surface area contributed by atoms with E-state index in [1.807, 2.05) is 11.0 Å². The molecule has 0 spiro atoms. The van der Waals surface area contributed by atoms with Crippen LogP contribution in [0.4, 0.5) is 0 Å². The summed E-state index contributed by atoms with van der Waals surface area (Å²) in [6.07, 6.45) is 3.32. The maximum Gasteiger partial charge on any atom is 0.253 e. The number of carbonyl (C=O) groups excluding carboxylic acids is 1. The summed E-state index contributed by atoms with van der Waals surface area (Å²) in [5.74, 6) is 0.471. The number of amides is 1. The van der Waals surface area contributed by atoms with Crippen LogP contribution in [0.3, 0.4) is 0 Å². The second kappa shape index (κ2) is 7.11. The Morgan fingerprint density at radius 2 is 1.78 bits per heavy atom. The van der Waals surface area contributed by atoms with Gasteiger partial charge in [0, 0.05) is 24.6 Å². The van der Waals surface area contributed by atoms with Crippen molar-refractivity contribution in [3.8, 4) is 6.07 Å². The van der Waals surface area contributed by atoms with Crippen LogP contribution in [0, 0.1) is 11.3 Å². The molecule has 0 bridgehead atoms. The van der Waals surface area contributed by atoms with Crippen molar-refractivity contribution in [2.24, 2.45) is 0 Å². The molecule has 2 aromatic rings. The molecule has 0 N–H and O–H groups in total. The molecule has 1 unspecified atom stereocenters. The quantitative estimate of drug-likeness (QED) is 0.842. The van der Waals surface area contributed by atoms with E-state index in [-0.39, 0.29) is 5.91 Å². The fourth-order valence-corrected chi connectivity index (χ4v) is 3.19. The standard InChI is InChI=1S/C20H20N2O/c21-14-16-9-11-18(12-10-16)20(23)22-13-5-4-8-19(15-22)17-6-2-1-3-7-17/h1-3,6-7,9-12,19H,4-5,8,13,15H2. The first-order valence-electron chi connectivity index (χ1n) is 8.12. The Morgan fingerprint density at radius 1 is 1.04 bits per heavy atom. The van der Waals surface area contributed by atoms with Crippen molar-refractivity contribution in [3.05, 3.63) is 71.3 Å². The monoisotopic (exact) mass is 304 g/mol. The molecule has 1 heterocycles. The highest BCUT2D eigenvalue weighted by atomic mass is 16.2. The topological polar surface area (TPSA) is 44.1 Å². The Balaban J connectivity index is 1.77. The van der Waals surface area contributed by atoms with Gasteiger partial charge in [-0.25, -0.2) is 0 Å². The minimum Gasteiger partial charge on any atom is -0.338 e. The summed E-state index contributed by atoms with van der Waals surface area (Å²) in [5.41, 5.74) is 2.56. The van der Waals surface area contributed by atoms with Crippen molar-refractivity contribution in [2.45, 2.75) is 25.2 Å². The van der Waals surface area contributed by atoms with E-state index in [0.717, 1.165) is 32.4 Å². The van der Waals surface area contributed by atoms with Crippen molar-refractivity contribution in [3.63, 3.8) is 0 Å². The largest absolute Gasteiger partial charge is 0.338 e. The maximum atomic E-state index is 12.8. The number of rotatable bonds is 2. The first kappa shape index (κ1) is 15.3. The predicted octanol–water partition coefficient (Wildman–Crippen LogP) is 3.97. The zero-order valence-corrected chi connectivity index (χ0v) is 13.1. The molecule has 2 aromatic carbocycles. The third-order valence-corrected chi connectivity index (χ3v) is 4.49. The number of nitrogens with zero attached hydrogens (tertiary/aromatic N) is 2. The summed E-state index contributed by atoms with van der Waals surface area (Å²) in [5, 5.41) is 8.87. The number of hydrogen-bond donors (Lipinski definition) is 0. The van der Waals surface area contributed by atoms with Crippen LogP contribution in [0.15, 0.2) is 54.6 Å². The van der Waals surface area contributed by atoms with E-state index in [0.29, 0.717) is 17.0 Å². The van der Waals surface area contributed by atoms with Crippen LogP contribution >= 0.6 is 0 Å². The van der Waals surface area contributed by atoms with E-state index >= 15 is 0 Å². The van der Waals surface area contributed by atoms with Gasteiger partial charge in [-0.2, -0.15) is 5.26 Å². The van der Waals surface area contributed by atoms with Crippen LogP contribution in [0.25, 0.3) is 0 Å². The van der Waals surface area contributed by atoms with Crippen LogP contribution in [0.5, 0.6) is 0 Å². The average Bonchev–Trinajstić information content (AvgIpc) is 2.88. The molecule has 3 rings (SSSR count). The number of likely N-dealkylation sites (tertiary alicyclic amines) is 1. The van der Waals surface area contributed by atoms with Gasteiger partial charge in [0.05, 0.1) is 11.6 Å². The fraction of sp³-hybridized carbons (Fsp3) is 0.300. The highest BCUT2D eigenvalue weighted by Crippen LogP contribution is 2.27. The van der Waals surface area contributed by atoms with Crippen LogP contribution in [-0.4, -0.2) is 23.9 Å². The third kappa shape index (κ3) is 3.60. The van der Waals surface area contributed by atoms with Crippen molar-refractivity contribution in [1.82, 2.24) is 4.90 Å². The van der Waals surface area contributed by atoms with Gasteiger partial charge in [-0.15, -0.1) is 0 Å². The van der Waals surface area contributed by atoms with E-state index in [2.05, 4.69) is 30.3 Å². The van der Waals surface area contributed by atoms with Gasteiger partial charge in [0.2, 0.25) is 0 Å². The smallest absolute Gasteiger partial charge is 0.253 e. The molecule has 3 nitrogen and oxygen atoms in total. The lowest BCUT2D eigenvalue weighted by molar-refractivity contribution is 0.0754. The normalized spacial score (nSPS) is 18.0. The van der Waals surface area contributed by atoms with E-state index in [1.54, 1.807) is 24.3 Å². The summed E-state index contributed by atoms with van der Waals surface area (Å²) in [6.45, 7) is 1.57. The average molecular weight is 304 g/mol. The van der Waals surface area contributed by atoms with Crippen LogP contribution in [-0.2, 0) is 0 Å². The molecule has 0 saturated carbocycles. The molecule has 1 aliphatic rings. The van der Waals surface area contributed by atoms with Gasteiger partial charge in [0.25, 0.3) is 5.91 Å². The second-order valence-corrected chi connectivity index (χ2v) is 6.04. The lowest BCUT2D eigenvalue weighted by Gasteiger charge is -2.25. The Hall–Kier alpha value is -2.60. The number of benzene rings is 2. The summed E-state index contributed by atoms with van der Waals surface area (Å²) in [7, 11) is 0. The summed E-state index contributed by atoms with van der Waals surface area (Å²) in [6, 6.07) is 19.5. The van der Waals surface area contributed by atoms with Crippen molar-refractivity contribution < 1.29 is 4.79 Å². The molecule has 23 heavy (non-hydrogen) atoms. The zero-order valence-electron chi connectivity index (χ0n) is 13.1. The molecule has 0 aromatic heterocycles. The van der Waals surface area contributed by atoms with E-state index in [1.165, 1.54) is 5.56 Å². The Kier molecular flexibility index (Phi) is 4.73. The zero-order chi connectivity index (χ0) is 16.1. The predicted molar refractivity (Wildman–Crippen MR) is 90.1 cm³/mol. The molecule has 3 heteroatoms. The summed E-state index contributed by atoms with van der Waals surface area (Å²) in [4.78, 5) is 14.7. The summed E-state index contributed by atoms with van der Waals surface area (Å²) >= 11 is 0. The molecule has 1 amide bonds. The molecule has 116 valence electrons. The van der Waals surface area contributed by atoms with E-state index in [4.69, 9.17) is 5.26 Å². The number of hydrogen-bond acceptors (Lipinski definition) is 2. The van der Waals surface area contributed by atoms with Crippen LogP contribution in [0.2, 0.25) is 0 Å². The Labute approximate surface area is 137 Å². The van der Waals surface area contributed by atoms with Gasteiger partial charge >= 0.3 is 0 Å². The van der Waals surface area contributed by atoms with Crippen molar-refractivity contribution in [1.29, 1.82) is 5.26 Å². The molecule has 1 atom stereocenters. The Morgan fingerprint density at radius 3 is 2.48 bits per heavy atom. The van der Waals surface area contributed by atoms with Crippen molar-refractivity contribution >= 4 is 5.91 Å². The molecular weight excluding hydrogens is 284 g/mol. The van der Waals surface area contributed by atoms with Gasteiger partial charge in [-0.05, 0) is 42.7 Å². The van der Waals surface area contributed by atoms with Gasteiger partial charge in [0.15, 0.2) is 0 Å². The van der Waals surface area contributed by atoms with Crippen LogP contribution < -0.4 is 0 Å². The second-order valence-electron chi connectivity index (χ2n) is 6.04. The third-order valence-electron chi connectivity index (χ3n) is 4.49. The van der Waals surface area contributed by atoms with Gasteiger partial charge in [0.1, 0.15) is 0 Å².